The van der Waals surface area contributed by atoms with Crippen LogP contribution in [0.25, 0.3) is 0 Å². The van der Waals surface area contributed by atoms with Gasteiger partial charge in [-0.2, -0.15) is 0 Å². The topological polar surface area (TPSA) is 35.5 Å². The summed E-state index contributed by atoms with van der Waals surface area (Å²) in [6, 6.07) is 9.16. The number of hydrogen-bond donors (Lipinski definition) is 0. The lowest BCUT2D eigenvalue weighted by molar-refractivity contribution is 0.0210. The zero-order valence-electron chi connectivity index (χ0n) is 10.6. The normalized spacial score (nSPS) is 22.4. The molecule has 0 aliphatic heterocycles. The molecule has 1 unspecified atom stereocenters. The van der Waals surface area contributed by atoms with E-state index in [0.29, 0.717) is 12.0 Å². The zero-order chi connectivity index (χ0) is 13.0. The Kier molecular flexibility index (Phi) is 3.63. The van der Waals surface area contributed by atoms with E-state index in [0.717, 1.165) is 5.76 Å². The maximum Gasteiger partial charge on any atom is 0.199 e. The molecule has 1 aromatic carbocycles. The average Bonchev–Trinajstić information content (AvgIpc) is 2.47. The van der Waals surface area contributed by atoms with Gasteiger partial charge >= 0.3 is 0 Å². The van der Waals surface area contributed by atoms with E-state index in [-0.39, 0.29) is 5.78 Å². The molecule has 0 radical (unpaired) electrons. The first-order valence-electron chi connectivity index (χ1n) is 5.79. The van der Waals surface area contributed by atoms with Crippen LogP contribution in [0.2, 0.25) is 0 Å². The van der Waals surface area contributed by atoms with Crippen molar-refractivity contribution in [3.8, 4) is 0 Å². The molecule has 0 saturated heterocycles. The van der Waals surface area contributed by atoms with E-state index in [2.05, 4.69) is 0 Å². The Labute approximate surface area is 107 Å². The molecule has 0 spiro atoms. The number of methoxy groups -OCH3 is 2. The molecule has 0 bridgehead atoms. The van der Waals surface area contributed by atoms with Gasteiger partial charge in [0.25, 0.3) is 0 Å². The Morgan fingerprint density at radius 1 is 1.22 bits per heavy atom. The van der Waals surface area contributed by atoms with Crippen molar-refractivity contribution in [1.82, 2.24) is 0 Å². The molecule has 0 heterocycles. The van der Waals surface area contributed by atoms with Gasteiger partial charge in [-0.25, -0.2) is 0 Å². The van der Waals surface area contributed by atoms with E-state index >= 15 is 0 Å². The first-order valence-corrected chi connectivity index (χ1v) is 5.79. The summed E-state index contributed by atoms with van der Waals surface area (Å²) in [5, 5.41) is 0. The largest absolute Gasteiger partial charge is 0.501 e. The summed E-state index contributed by atoms with van der Waals surface area (Å²) >= 11 is 0. The Balaban J connectivity index is 2.32. The zero-order valence-corrected chi connectivity index (χ0v) is 10.6. The number of ether oxygens (including phenoxy) is 2. The van der Waals surface area contributed by atoms with Gasteiger partial charge in [0.1, 0.15) is 0 Å². The van der Waals surface area contributed by atoms with Crippen molar-refractivity contribution in [3.05, 3.63) is 59.9 Å². The number of allylic oxidation sites excluding steroid dienone is 2. The fraction of sp³-hybridized carbons (Fsp3) is 0.267. The first-order chi connectivity index (χ1) is 8.72. The lowest BCUT2D eigenvalue weighted by Crippen LogP contribution is -2.40. The monoisotopic (exact) mass is 244 g/mol. The number of carbonyl (C=O) groups is 1. The van der Waals surface area contributed by atoms with Gasteiger partial charge in [0.05, 0.1) is 12.9 Å². The van der Waals surface area contributed by atoms with Crippen LogP contribution in [0.3, 0.4) is 0 Å². The quantitative estimate of drug-likeness (QED) is 0.764. The van der Waals surface area contributed by atoms with Gasteiger partial charge in [0.15, 0.2) is 11.4 Å². The molecular weight excluding hydrogens is 228 g/mol. The molecule has 3 heteroatoms. The molecule has 18 heavy (non-hydrogen) atoms. The lowest BCUT2D eigenvalue weighted by Gasteiger charge is -2.30. The third-order valence-electron chi connectivity index (χ3n) is 3.13. The fourth-order valence-corrected chi connectivity index (χ4v) is 2.05. The Morgan fingerprint density at radius 3 is 2.56 bits per heavy atom. The number of hydrogen-bond acceptors (Lipinski definition) is 3. The molecule has 0 aromatic heterocycles. The molecule has 1 aliphatic rings. The smallest absolute Gasteiger partial charge is 0.199 e. The maximum atomic E-state index is 12.6. The van der Waals surface area contributed by atoms with Crippen molar-refractivity contribution in [1.29, 1.82) is 0 Å². The van der Waals surface area contributed by atoms with Gasteiger partial charge < -0.3 is 9.47 Å². The molecule has 1 aromatic rings. The summed E-state index contributed by atoms with van der Waals surface area (Å²) in [4.78, 5) is 12.6. The summed E-state index contributed by atoms with van der Waals surface area (Å²) in [5.41, 5.74) is -0.317. The summed E-state index contributed by atoms with van der Waals surface area (Å²) in [6.07, 6.45) is 5.84. The van der Waals surface area contributed by atoms with Crippen LogP contribution in [0.15, 0.2) is 54.3 Å². The fourth-order valence-electron chi connectivity index (χ4n) is 2.05. The van der Waals surface area contributed by atoms with Crippen LogP contribution in [0.4, 0.5) is 0 Å². The van der Waals surface area contributed by atoms with Crippen molar-refractivity contribution in [2.24, 2.45) is 0 Å². The molecule has 0 fully saturated rings. The van der Waals surface area contributed by atoms with Crippen LogP contribution in [0.1, 0.15) is 16.8 Å². The van der Waals surface area contributed by atoms with Crippen LogP contribution < -0.4 is 0 Å². The molecule has 3 nitrogen and oxygen atoms in total. The second-order valence-corrected chi connectivity index (χ2v) is 4.16. The minimum Gasteiger partial charge on any atom is -0.501 e. The summed E-state index contributed by atoms with van der Waals surface area (Å²) in [7, 11) is 3.14. The first kappa shape index (κ1) is 12.6. The molecule has 2 rings (SSSR count). The number of rotatable bonds is 4. The predicted octanol–water partition coefficient (Wildman–Crippen LogP) is 2.74. The number of carbonyl (C=O) groups excluding carboxylic acids is 1. The summed E-state index contributed by atoms with van der Waals surface area (Å²) in [5.74, 6) is 0.688. The predicted molar refractivity (Wildman–Crippen MR) is 69.4 cm³/mol. The molecule has 0 N–H and O–H groups in total. The Morgan fingerprint density at radius 2 is 1.94 bits per heavy atom. The van der Waals surface area contributed by atoms with Crippen LogP contribution in [0.5, 0.6) is 0 Å². The minimum atomic E-state index is -0.957. The minimum absolute atomic E-state index is 0.0514. The van der Waals surface area contributed by atoms with Gasteiger partial charge in [-0.05, 0) is 12.2 Å². The standard InChI is InChI=1S/C15H16O3/c1-17-13-9-6-10-15(11-13,18-2)14(16)12-7-4-3-5-8-12/h3-10H,11H2,1-2H3. The van der Waals surface area contributed by atoms with Crippen molar-refractivity contribution < 1.29 is 14.3 Å². The molecule has 1 atom stereocenters. The number of benzene rings is 1. The van der Waals surface area contributed by atoms with Crippen LogP contribution in [-0.4, -0.2) is 25.6 Å². The average molecular weight is 244 g/mol. The Bertz CT molecular complexity index is 488. The highest BCUT2D eigenvalue weighted by molar-refractivity contribution is 6.04. The molecule has 1 aliphatic carbocycles. The van der Waals surface area contributed by atoms with Crippen LogP contribution in [-0.2, 0) is 9.47 Å². The third kappa shape index (κ3) is 2.22. The van der Waals surface area contributed by atoms with Crippen molar-refractivity contribution in [2.75, 3.05) is 14.2 Å². The molecular formula is C15H16O3. The van der Waals surface area contributed by atoms with Gasteiger partial charge in [0, 0.05) is 19.1 Å². The maximum absolute atomic E-state index is 12.6. The van der Waals surface area contributed by atoms with Gasteiger partial charge in [0.2, 0.25) is 0 Å². The van der Waals surface area contributed by atoms with E-state index in [1.54, 1.807) is 38.5 Å². The highest BCUT2D eigenvalue weighted by atomic mass is 16.5. The number of ketones is 1. The molecule has 0 saturated carbocycles. The highest BCUT2D eigenvalue weighted by Crippen LogP contribution is 2.30. The lowest BCUT2D eigenvalue weighted by atomic mass is 9.86. The second kappa shape index (κ2) is 5.19. The second-order valence-electron chi connectivity index (χ2n) is 4.16. The van der Waals surface area contributed by atoms with E-state index in [1.807, 2.05) is 24.3 Å². The summed E-state index contributed by atoms with van der Waals surface area (Å²) < 4.78 is 10.7. The van der Waals surface area contributed by atoms with Gasteiger partial charge in [-0.1, -0.05) is 36.4 Å². The van der Waals surface area contributed by atoms with E-state index in [4.69, 9.17) is 9.47 Å². The molecule has 0 amide bonds. The van der Waals surface area contributed by atoms with Crippen LogP contribution >= 0.6 is 0 Å². The van der Waals surface area contributed by atoms with Crippen LogP contribution in [0, 0.1) is 0 Å². The van der Waals surface area contributed by atoms with Crippen molar-refractivity contribution in [2.45, 2.75) is 12.0 Å². The van der Waals surface area contributed by atoms with Crippen molar-refractivity contribution in [3.63, 3.8) is 0 Å². The van der Waals surface area contributed by atoms with E-state index < -0.39 is 5.60 Å². The highest BCUT2D eigenvalue weighted by Gasteiger charge is 2.39. The number of Topliss-reactive ketones (excluding diaryl/α,β-unsaturated/α-hetero) is 1. The van der Waals surface area contributed by atoms with E-state index in [1.165, 1.54) is 0 Å². The third-order valence-corrected chi connectivity index (χ3v) is 3.13. The van der Waals surface area contributed by atoms with Gasteiger partial charge in [-0.3, -0.25) is 4.79 Å². The van der Waals surface area contributed by atoms with E-state index in [9.17, 15) is 4.79 Å². The van der Waals surface area contributed by atoms with Gasteiger partial charge in [-0.15, -0.1) is 0 Å². The SMILES string of the molecule is COC1=CC=CC(OC)(C(=O)c2ccccc2)C1. The summed E-state index contributed by atoms with van der Waals surface area (Å²) in [6.45, 7) is 0. The molecule has 94 valence electrons. The van der Waals surface area contributed by atoms with Crippen molar-refractivity contribution >= 4 is 5.78 Å². The Hall–Kier alpha value is -1.87.